The molecule has 0 aliphatic carbocycles. The predicted octanol–water partition coefficient (Wildman–Crippen LogP) is 4.58. The first-order valence-corrected chi connectivity index (χ1v) is 6.76. The van der Waals surface area contributed by atoms with E-state index >= 15 is 0 Å². The van der Waals surface area contributed by atoms with Gasteiger partial charge in [0.1, 0.15) is 17.2 Å². The van der Waals surface area contributed by atoms with E-state index in [1.54, 1.807) is 6.07 Å². The zero-order valence-electron chi connectivity index (χ0n) is 12.3. The van der Waals surface area contributed by atoms with Gasteiger partial charge in [0.2, 0.25) is 0 Å². The molecule has 0 spiro atoms. The van der Waals surface area contributed by atoms with Gasteiger partial charge in [0.15, 0.2) is 0 Å². The van der Waals surface area contributed by atoms with Crippen LogP contribution in [0.4, 0.5) is 4.39 Å². The molecule has 0 aliphatic heterocycles. The van der Waals surface area contributed by atoms with Crippen molar-refractivity contribution in [3.05, 3.63) is 35.3 Å². The summed E-state index contributed by atoms with van der Waals surface area (Å²) >= 11 is 0. The average Bonchev–Trinajstić information content (AvgIpc) is 2.75. The van der Waals surface area contributed by atoms with Crippen LogP contribution in [-0.4, -0.2) is 6.54 Å². The molecule has 0 fully saturated rings. The Morgan fingerprint density at radius 3 is 2.53 bits per heavy atom. The monoisotopic (exact) mass is 263 g/mol. The van der Waals surface area contributed by atoms with Gasteiger partial charge in [0, 0.05) is 0 Å². The van der Waals surface area contributed by atoms with E-state index in [-0.39, 0.29) is 17.3 Å². The first kappa shape index (κ1) is 14.1. The van der Waals surface area contributed by atoms with Crippen LogP contribution in [-0.2, 0) is 0 Å². The first-order valence-electron chi connectivity index (χ1n) is 6.76. The van der Waals surface area contributed by atoms with Gasteiger partial charge in [0.05, 0.1) is 11.4 Å². The smallest absolute Gasteiger partial charge is 0.140 e. The largest absolute Gasteiger partial charge is 0.459 e. The zero-order chi connectivity index (χ0) is 14.2. The molecule has 3 heteroatoms. The standard InChI is InChI=1S/C16H22FNO/c1-6-18-15(16(3,4)5)13-9-11-12(17)8-7-10(2)14(11)19-13/h7-9,15,18H,6H2,1-5H3. The topological polar surface area (TPSA) is 25.2 Å². The number of furan rings is 1. The lowest BCUT2D eigenvalue weighted by atomic mass is 9.85. The molecule has 0 aliphatic rings. The SMILES string of the molecule is CCNC(c1cc2c(F)ccc(C)c2o1)C(C)(C)C. The summed E-state index contributed by atoms with van der Waals surface area (Å²) in [5, 5.41) is 3.99. The number of fused-ring (bicyclic) bond motifs is 1. The number of nitrogens with one attached hydrogen (secondary N) is 1. The Labute approximate surface area is 114 Å². The molecule has 0 saturated heterocycles. The molecule has 1 aromatic carbocycles. The van der Waals surface area contributed by atoms with Gasteiger partial charge in [-0.1, -0.05) is 33.8 Å². The molecule has 1 atom stereocenters. The maximum atomic E-state index is 13.8. The van der Waals surface area contributed by atoms with Crippen molar-refractivity contribution in [2.45, 2.75) is 40.7 Å². The molecule has 2 aromatic rings. The number of halogens is 1. The van der Waals surface area contributed by atoms with Gasteiger partial charge in [0.25, 0.3) is 0 Å². The van der Waals surface area contributed by atoms with Gasteiger partial charge < -0.3 is 9.73 Å². The van der Waals surface area contributed by atoms with Crippen LogP contribution in [0.2, 0.25) is 0 Å². The van der Waals surface area contributed by atoms with Crippen molar-refractivity contribution in [1.82, 2.24) is 5.32 Å². The normalized spacial score (nSPS) is 14.0. The van der Waals surface area contributed by atoms with Crippen LogP contribution in [0.1, 0.15) is 45.1 Å². The van der Waals surface area contributed by atoms with E-state index in [0.717, 1.165) is 17.9 Å². The number of hydrogen-bond acceptors (Lipinski definition) is 2. The molecule has 104 valence electrons. The number of hydrogen-bond donors (Lipinski definition) is 1. The van der Waals surface area contributed by atoms with Crippen molar-refractivity contribution in [3.63, 3.8) is 0 Å². The summed E-state index contributed by atoms with van der Waals surface area (Å²) in [6.07, 6.45) is 0. The summed E-state index contributed by atoms with van der Waals surface area (Å²) in [5.74, 6) is 0.581. The third kappa shape index (κ3) is 2.66. The molecular weight excluding hydrogens is 241 g/mol. The number of benzene rings is 1. The molecule has 0 amide bonds. The minimum atomic E-state index is -0.222. The Morgan fingerprint density at radius 1 is 1.32 bits per heavy atom. The predicted molar refractivity (Wildman–Crippen MR) is 76.8 cm³/mol. The molecule has 2 nitrogen and oxygen atoms in total. The molecule has 0 saturated carbocycles. The van der Waals surface area contributed by atoms with Gasteiger partial charge in [-0.05, 0) is 36.6 Å². The van der Waals surface area contributed by atoms with Crippen molar-refractivity contribution in [1.29, 1.82) is 0 Å². The van der Waals surface area contributed by atoms with Crippen molar-refractivity contribution >= 4 is 11.0 Å². The third-order valence-corrected chi connectivity index (χ3v) is 3.41. The fourth-order valence-corrected chi connectivity index (χ4v) is 2.42. The van der Waals surface area contributed by atoms with E-state index in [1.165, 1.54) is 6.07 Å². The van der Waals surface area contributed by atoms with Gasteiger partial charge in [-0.25, -0.2) is 4.39 Å². The van der Waals surface area contributed by atoms with Crippen LogP contribution < -0.4 is 5.32 Å². The van der Waals surface area contributed by atoms with Crippen LogP contribution in [0.25, 0.3) is 11.0 Å². The Kier molecular flexibility index (Phi) is 3.68. The summed E-state index contributed by atoms with van der Waals surface area (Å²) in [6, 6.07) is 5.15. The van der Waals surface area contributed by atoms with E-state index in [0.29, 0.717) is 11.0 Å². The Bertz CT molecular complexity index is 541. The Morgan fingerprint density at radius 2 is 2.00 bits per heavy atom. The van der Waals surface area contributed by atoms with Crippen molar-refractivity contribution in [2.75, 3.05) is 6.54 Å². The molecule has 0 radical (unpaired) electrons. The van der Waals surface area contributed by atoms with Crippen LogP contribution in [0, 0.1) is 18.2 Å². The fourth-order valence-electron chi connectivity index (χ4n) is 2.42. The summed E-state index contributed by atoms with van der Waals surface area (Å²) in [6.45, 7) is 11.3. The van der Waals surface area contributed by atoms with Crippen LogP contribution in [0.3, 0.4) is 0 Å². The van der Waals surface area contributed by atoms with Gasteiger partial charge in [-0.15, -0.1) is 0 Å². The maximum Gasteiger partial charge on any atom is 0.140 e. The Hall–Kier alpha value is -1.35. The quantitative estimate of drug-likeness (QED) is 0.877. The lowest BCUT2D eigenvalue weighted by molar-refractivity contribution is 0.244. The van der Waals surface area contributed by atoms with E-state index < -0.39 is 0 Å². The molecule has 0 bridgehead atoms. The maximum absolute atomic E-state index is 13.8. The van der Waals surface area contributed by atoms with Gasteiger partial charge >= 0.3 is 0 Å². The molecule has 1 unspecified atom stereocenters. The van der Waals surface area contributed by atoms with E-state index in [4.69, 9.17) is 4.42 Å². The van der Waals surface area contributed by atoms with Crippen LogP contribution in [0.15, 0.2) is 22.6 Å². The van der Waals surface area contributed by atoms with E-state index in [1.807, 2.05) is 13.0 Å². The summed E-state index contributed by atoms with van der Waals surface area (Å²) in [4.78, 5) is 0. The summed E-state index contributed by atoms with van der Waals surface area (Å²) < 4.78 is 19.8. The lowest BCUT2D eigenvalue weighted by Gasteiger charge is -2.29. The summed E-state index contributed by atoms with van der Waals surface area (Å²) in [5.41, 5.74) is 1.63. The molecular formula is C16H22FNO. The highest BCUT2D eigenvalue weighted by Crippen LogP contribution is 2.36. The highest BCUT2D eigenvalue weighted by molar-refractivity contribution is 5.81. The second-order valence-electron chi connectivity index (χ2n) is 6.11. The summed E-state index contributed by atoms with van der Waals surface area (Å²) in [7, 11) is 0. The zero-order valence-corrected chi connectivity index (χ0v) is 12.3. The van der Waals surface area contributed by atoms with Gasteiger partial charge in [-0.3, -0.25) is 0 Å². The molecule has 19 heavy (non-hydrogen) atoms. The van der Waals surface area contributed by atoms with Crippen molar-refractivity contribution in [3.8, 4) is 0 Å². The molecule has 1 aromatic heterocycles. The number of rotatable bonds is 3. The second kappa shape index (κ2) is 4.97. The molecule has 2 rings (SSSR count). The van der Waals surface area contributed by atoms with E-state index in [2.05, 4.69) is 33.0 Å². The Balaban J connectivity index is 2.56. The fraction of sp³-hybridized carbons (Fsp3) is 0.500. The lowest BCUT2D eigenvalue weighted by Crippen LogP contribution is -2.31. The molecule has 1 N–H and O–H groups in total. The highest BCUT2D eigenvalue weighted by atomic mass is 19.1. The van der Waals surface area contributed by atoms with Crippen molar-refractivity contribution in [2.24, 2.45) is 5.41 Å². The van der Waals surface area contributed by atoms with Crippen LogP contribution in [0.5, 0.6) is 0 Å². The average molecular weight is 263 g/mol. The highest BCUT2D eigenvalue weighted by Gasteiger charge is 2.29. The second-order valence-corrected chi connectivity index (χ2v) is 6.11. The van der Waals surface area contributed by atoms with Gasteiger partial charge in [-0.2, -0.15) is 0 Å². The third-order valence-electron chi connectivity index (χ3n) is 3.41. The number of aryl methyl sites for hydroxylation is 1. The minimum absolute atomic E-state index is 0.00820. The first-order chi connectivity index (χ1) is 8.84. The van der Waals surface area contributed by atoms with Crippen LogP contribution >= 0.6 is 0 Å². The minimum Gasteiger partial charge on any atom is -0.459 e. The molecule has 1 heterocycles. The van der Waals surface area contributed by atoms with E-state index in [9.17, 15) is 4.39 Å². The van der Waals surface area contributed by atoms with Crippen molar-refractivity contribution < 1.29 is 8.81 Å².